The van der Waals surface area contributed by atoms with E-state index in [4.69, 9.17) is 4.74 Å². The predicted octanol–water partition coefficient (Wildman–Crippen LogP) is 3.59. The Morgan fingerprint density at radius 2 is 2.04 bits per heavy atom. The maximum Gasteiger partial charge on any atom is 0.310 e. The number of esters is 1. The molecule has 0 spiro atoms. The minimum atomic E-state index is -0.501. The highest BCUT2D eigenvalue weighted by Crippen LogP contribution is 2.17. The van der Waals surface area contributed by atoms with Gasteiger partial charge in [-0.05, 0) is 44.9 Å². The summed E-state index contributed by atoms with van der Waals surface area (Å²) in [5.41, 5.74) is 1.67. The fourth-order valence-corrected chi connectivity index (χ4v) is 2.37. The maximum absolute atomic E-state index is 12.3. The van der Waals surface area contributed by atoms with Crippen molar-refractivity contribution in [2.75, 3.05) is 0 Å². The van der Waals surface area contributed by atoms with E-state index in [0.29, 0.717) is 12.0 Å². The van der Waals surface area contributed by atoms with Crippen LogP contribution in [0.2, 0.25) is 0 Å². The quantitative estimate of drug-likeness (QED) is 0.603. The molecule has 2 aromatic heterocycles. The zero-order valence-corrected chi connectivity index (χ0v) is 14.3. The Labute approximate surface area is 136 Å². The third kappa shape index (κ3) is 4.65. The molecule has 0 bridgehead atoms. The van der Waals surface area contributed by atoms with E-state index in [1.54, 1.807) is 16.9 Å². The number of unbranched alkanes of at least 4 members (excludes halogenated alkanes) is 1. The summed E-state index contributed by atoms with van der Waals surface area (Å²) in [5, 5.41) is 4.21. The van der Waals surface area contributed by atoms with E-state index in [1.807, 2.05) is 32.9 Å². The second-order valence-electron chi connectivity index (χ2n) is 6.71. The molecular weight excluding hydrogens is 292 g/mol. The van der Waals surface area contributed by atoms with Crippen molar-refractivity contribution in [3.63, 3.8) is 0 Å². The first-order valence-electron chi connectivity index (χ1n) is 8.01. The molecule has 0 aliphatic rings. The van der Waals surface area contributed by atoms with Crippen LogP contribution in [0.1, 0.15) is 62.9 Å². The number of nitrogens with zero attached hydrogens (tertiary/aromatic N) is 2. The van der Waals surface area contributed by atoms with Crippen molar-refractivity contribution < 1.29 is 14.3 Å². The van der Waals surface area contributed by atoms with E-state index < -0.39 is 5.60 Å². The molecule has 0 aliphatic carbocycles. The topological polar surface area (TPSA) is 60.7 Å². The van der Waals surface area contributed by atoms with Crippen LogP contribution in [-0.4, -0.2) is 27.0 Å². The number of ether oxygens (including phenoxy) is 1. The summed E-state index contributed by atoms with van der Waals surface area (Å²) < 4.78 is 7.00. The molecule has 124 valence electrons. The molecule has 0 saturated heterocycles. The van der Waals surface area contributed by atoms with Crippen LogP contribution in [-0.2, 0) is 16.0 Å². The number of carbonyl (C=O) groups excluding carboxylic acids is 2. The molecule has 23 heavy (non-hydrogen) atoms. The largest absolute Gasteiger partial charge is 0.460 e. The molecule has 5 nitrogen and oxygen atoms in total. The minimum Gasteiger partial charge on any atom is -0.460 e. The summed E-state index contributed by atoms with van der Waals surface area (Å²) in [6.45, 7) is 7.59. The highest BCUT2D eigenvalue weighted by molar-refractivity contribution is 6.02. The normalized spacial score (nSPS) is 11.7. The standard InChI is InChI=1S/C18H24N2O3/c1-5-6-7-16(21)14-12-19-20-9-8-13(10-15(14)20)11-17(22)23-18(2,3)4/h8-10,12H,5-7,11H2,1-4H3. The van der Waals surface area contributed by atoms with E-state index in [1.165, 1.54) is 0 Å². The van der Waals surface area contributed by atoms with Crippen molar-refractivity contribution in [3.8, 4) is 0 Å². The van der Waals surface area contributed by atoms with E-state index in [9.17, 15) is 9.59 Å². The van der Waals surface area contributed by atoms with Crippen LogP contribution < -0.4 is 0 Å². The summed E-state index contributed by atoms with van der Waals surface area (Å²) in [6, 6.07) is 3.67. The van der Waals surface area contributed by atoms with Crippen LogP contribution >= 0.6 is 0 Å². The highest BCUT2D eigenvalue weighted by atomic mass is 16.6. The van der Waals surface area contributed by atoms with Crippen molar-refractivity contribution in [1.82, 2.24) is 9.61 Å². The summed E-state index contributed by atoms with van der Waals surface area (Å²) in [6.07, 6.45) is 5.93. The van der Waals surface area contributed by atoms with Crippen LogP contribution in [0.5, 0.6) is 0 Å². The number of hydrogen-bond acceptors (Lipinski definition) is 4. The van der Waals surface area contributed by atoms with Gasteiger partial charge in [0.15, 0.2) is 5.78 Å². The lowest BCUT2D eigenvalue weighted by atomic mass is 10.1. The first-order chi connectivity index (χ1) is 10.8. The molecule has 2 heterocycles. The van der Waals surface area contributed by atoms with E-state index in [-0.39, 0.29) is 18.2 Å². The Morgan fingerprint density at radius 3 is 2.70 bits per heavy atom. The maximum atomic E-state index is 12.3. The summed E-state index contributed by atoms with van der Waals surface area (Å²) >= 11 is 0. The molecule has 0 aromatic carbocycles. The van der Waals surface area contributed by atoms with Crippen LogP contribution in [0.15, 0.2) is 24.5 Å². The lowest BCUT2D eigenvalue weighted by molar-refractivity contribution is -0.153. The lowest BCUT2D eigenvalue weighted by Gasteiger charge is -2.19. The summed E-state index contributed by atoms with van der Waals surface area (Å²) in [5.74, 6) is -0.184. The average Bonchev–Trinajstić information content (AvgIpc) is 2.85. The fourth-order valence-electron chi connectivity index (χ4n) is 2.37. The SMILES string of the molecule is CCCCC(=O)c1cnn2ccc(CC(=O)OC(C)(C)C)cc12. The van der Waals surface area contributed by atoms with Crippen molar-refractivity contribution in [2.45, 2.75) is 59.0 Å². The number of pyridine rings is 1. The Bertz CT molecular complexity index is 711. The number of rotatable bonds is 6. The van der Waals surface area contributed by atoms with Gasteiger partial charge in [-0.15, -0.1) is 0 Å². The van der Waals surface area contributed by atoms with Crippen molar-refractivity contribution >= 4 is 17.3 Å². The highest BCUT2D eigenvalue weighted by Gasteiger charge is 2.18. The third-order valence-electron chi connectivity index (χ3n) is 3.41. The summed E-state index contributed by atoms with van der Waals surface area (Å²) in [7, 11) is 0. The smallest absolute Gasteiger partial charge is 0.310 e. The number of fused-ring (bicyclic) bond motifs is 1. The monoisotopic (exact) mass is 316 g/mol. The molecule has 0 unspecified atom stereocenters. The van der Waals surface area contributed by atoms with Crippen molar-refractivity contribution in [2.24, 2.45) is 0 Å². The van der Waals surface area contributed by atoms with Crippen molar-refractivity contribution in [3.05, 3.63) is 35.7 Å². The minimum absolute atomic E-state index is 0.0938. The molecule has 0 atom stereocenters. The van der Waals surface area contributed by atoms with Crippen LogP contribution in [0.25, 0.3) is 5.52 Å². The number of Topliss-reactive ketones (excluding diaryl/α,β-unsaturated/α-hetero) is 1. The molecular formula is C18H24N2O3. The molecule has 0 radical (unpaired) electrons. The van der Waals surface area contributed by atoms with Crippen LogP contribution in [0.4, 0.5) is 0 Å². The molecule has 2 rings (SSSR count). The Morgan fingerprint density at radius 1 is 1.30 bits per heavy atom. The second-order valence-corrected chi connectivity index (χ2v) is 6.71. The molecule has 0 fully saturated rings. The van der Waals surface area contributed by atoms with Gasteiger partial charge in [-0.2, -0.15) is 5.10 Å². The van der Waals surface area contributed by atoms with Gasteiger partial charge < -0.3 is 4.74 Å². The van der Waals surface area contributed by atoms with Gasteiger partial charge in [0.2, 0.25) is 0 Å². The van der Waals surface area contributed by atoms with Gasteiger partial charge in [0.25, 0.3) is 0 Å². The zero-order chi connectivity index (χ0) is 17.0. The number of ketones is 1. The predicted molar refractivity (Wildman–Crippen MR) is 88.6 cm³/mol. The van der Waals surface area contributed by atoms with Gasteiger partial charge in [0.1, 0.15) is 5.60 Å². The first kappa shape index (κ1) is 17.2. The van der Waals surface area contributed by atoms with E-state index in [2.05, 4.69) is 12.0 Å². The second kappa shape index (κ2) is 6.94. The number of carbonyl (C=O) groups is 2. The van der Waals surface area contributed by atoms with E-state index in [0.717, 1.165) is 23.9 Å². The van der Waals surface area contributed by atoms with Crippen LogP contribution in [0.3, 0.4) is 0 Å². The van der Waals surface area contributed by atoms with E-state index >= 15 is 0 Å². The third-order valence-corrected chi connectivity index (χ3v) is 3.41. The average molecular weight is 316 g/mol. The van der Waals surface area contributed by atoms with Gasteiger partial charge in [-0.25, -0.2) is 4.52 Å². The molecule has 2 aromatic rings. The summed E-state index contributed by atoms with van der Waals surface area (Å²) in [4.78, 5) is 24.2. The molecule has 0 N–H and O–H groups in total. The molecule has 5 heteroatoms. The van der Waals surface area contributed by atoms with Crippen molar-refractivity contribution in [1.29, 1.82) is 0 Å². The zero-order valence-electron chi connectivity index (χ0n) is 14.3. The Hall–Kier alpha value is -2.17. The van der Waals surface area contributed by atoms with Gasteiger partial charge in [-0.1, -0.05) is 13.3 Å². The van der Waals surface area contributed by atoms with Gasteiger partial charge >= 0.3 is 5.97 Å². The molecule has 0 amide bonds. The van der Waals surface area contributed by atoms with Gasteiger partial charge in [-0.3, -0.25) is 9.59 Å². The van der Waals surface area contributed by atoms with Gasteiger partial charge in [0, 0.05) is 12.6 Å². The number of aromatic nitrogens is 2. The fraction of sp³-hybridized carbons (Fsp3) is 0.500. The van der Waals surface area contributed by atoms with Gasteiger partial charge in [0.05, 0.1) is 23.7 Å². The molecule has 0 saturated carbocycles. The van der Waals surface area contributed by atoms with Crippen LogP contribution in [0, 0.1) is 0 Å². The lowest BCUT2D eigenvalue weighted by Crippen LogP contribution is -2.24. The Balaban J connectivity index is 2.20. The molecule has 0 aliphatic heterocycles. The first-order valence-corrected chi connectivity index (χ1v) is 8.01. The Kier molecular flexibility index (Phi) is 5.19. The number of hydrogen-bond donors (Lipinski definition) is 0.